The van der Waals surface area contributed by atoms with Gasteiger partial charge in [-0.1, -0.05) is 0 Å². The lowest BCUT2D eigenvalue weighted by atomic mass is 10.3. The van der Waals surface area contributed by atoms with Crippen LogP contribution in [-0.2, 0) is 38.0 Å². The van der Waals surface area contributed by atoms with E-state index in [1.165, 1.54) is 0 Å². The molecule has 1 rings (SSSR count). The van der Waals surface area contributed by atoms with E-state index in [-0.39, 0.29) is 38.6 Å². The van der Waals surface area contributed by atoms with E-state index in [1.807, 2.05) is 13.8 Å². The van der Waals surface area contributed by atoms with Gasteiger partial charge >= 0.3 is 11.9 Å². The smallest absolute Gasteiger partial charge is 0.332 e. The third-order valence-corrected chi connectivity index (χ3v) is 2.98. The van der Waals surface area contributed by atoms with E-state index in [9.17, 15) is 9.59 Å². The molecule has 0 aromatic rings. The second kappa shape index (κ2) is 11.4. The molecule has 0 radical (unpaired) electrons. The summed E-state index contributed by atoms with van der Waals surface area (Å²) in [6, 6.07) is 0. The van der Waals surface area contributed by atoms with Gasteiger partial charge in [0, 0.05) is 0 Å². The van der Waals surface area contributed by atoms with E-state index in [0.29, 0.717) is 13.2 Å². The molecule has 0 aromatic carbocycles. The maximum atomic E-state index is 11.6. The molecule has 1 saturated heterocycles. The highest BCUT2D eigenvalue weighted by molar-refractivity contribution is 5.73. The standard InChI is InChI=1S/C16H28O8/c1-11-5-19-7-13(3)23-15(17)9-21-10-16(18)24-14(4)8-20-6-12(2)22-11/h11-14H,5-10H2,1-4H3. The molecule has 1 heterocycles. The van der Waals surface area contributed by atoms with E-state index in [4.69, 9.17) is 28.4 Å². The Labute approximate surface area is 142 Å². The van der Waals surface area contributed by atoms with Crippen LogP contribution in [0.2, 0.25) is 0 Å². The Bertz CT molecular complexity index is 352. The lowest BCUT2D eigenvalue weighted by Crippen LogP contribution is -2.30. The van der Waals surface area contributed by atoms with Crippen molar-refractivity contribution in [2.24, 2.45) is 0 Å². The zero-order valence-electron chi connectivity index (χ0n) is 14.8. The molecule has 0 aliphatic carbocycles. The summed E-state index contributed by atoms with van der Waals surface area (Å²) in [5.74, 6) is -1.12. The van der Waals surface area contributed by atoms with Crippen molar-refractivity contribution < 1.29 is 38.0 Å². The van der Waals surface area contributed by atoms with Crippen LogP contribution in [0.4, 0.5) is 0 Å². The minimum Gasteiger partial charge on any atom is -0.459 e. The van der Waals surface area contributed by atoms with Crippen molar-refractivity contribution in [1.82, 2.24) is 0 Å². The molecular formula is C16H28O8. The Morgan fingerprint density at radius 1 is 0.625 bits per heavy atom. The lowest BCUT2D eigenvalue weighted by molar-refractivity contribution is -0.164. The van der Waals surface area contributed by atoms with Gasteiger partial charge in [0.15, 0.2) is 0 Å². The lowest BCUT2D eigenvalue weighted by Gasteiger charge is -2.21. The van der Waals surface area contributed by atoms with E-state index in [2.05, 4.69) is 0 Å². The van der Waals surface area contributed by atoms with E-state index in [0.717, 1.165) is 0 Å². The van der Waals surface area contributed by atoms with Crippen LogP contribution in [0.15, 0.2) is 0 Å². The first-order chi connectivity index (χ1) is 11.4. The third-order valence-electron chi connectivity index (χ3n) is 2.98. The van der Waals surface area contributed by atoms with Crippen molar-refractivity contribution in [3.8, 4) is 0 Å². The van der Waals surface area contributed by atoms with Crippen molar-refractivity contribution in [3.63, 3.8) is 0 Å². The zero-order chi connectivity index (χ0) is 17.9. The van der Waals surface area contributed by atoms with Gasteiger partial charge in [-0.15, -0.1) is 0 Å². The minimum absolute atomic E-state index is 0.121. The fourth-order valence-corrected chi connectivity index (χ4v) is 2.08. The van der Waals surface area contributed by atoms with Gasteiger partial charge in [-0.3, -0.25) is 0 Å². The van der Waals surface area contributed by atoms with Crippen molar-refractivity contribution in [1.29, 1.82) is 0 Å². The average Bonchev–Trinajstić information content (AvgIpc) is 2.45. The fraction of sp³-hybridized carbons (Fsp3) is 0.875. The summed E-state index contributed by atoms with van der Waals surface area (Å²) < 4.78 is 31.9. The normalized spacial score (nSPS) is 33.0. The number of esters is 2. The molecule has 0 spiro atoms. The van der Waals surface area contributed by atoms with E-state index < -0.39 is 24.1 Å². The highest BCUT2D eigenvalue weighted by atomic mass is 16.6. The van der Waals surface area contributed by atoms with Gasteiger partial charge in [0.05, 0.1) is 38.6 Å². The molecule has 1 fully saturated rings. The second-order valence-corrected chi connectivity index (χ2v) is 5.93. The summed E-state index contributed by atoms with van der Waals surface area (Å²) >= 11 is 0. The highest BCUT2D eigenvalue weighted by Gasteiger charge is 2.16. The van der Waals surface area contributed by atoms with Crippen LogP contribution in [0.1, 0.15) is 27.7 Å². The quantitative estimate of drug-likeness (QED) is 0.591. The Hall–Kier alpha value is -1.22. The number of hydrogen-bond donors (Lipinski definition) is 0. The summed E-state index contributed by atoms with van der Waals surface area (Å²) in [4.78, 5) is 23.1. The number of carbonyl (C=O) groups excluding carboxylic acids is 2. The molecule has 8 nitrogen and oxygen atoms in total. The van der Waals surface area contributed by atoms with Crippen LogP contribution in [0.3, 0.4) is 0 Å². The summed E-state index contributed by atoms with van der Waals surface area (Å²) in [6.45, 7) is 7.86. The van der Waals surface area contributed by atoms with Gasteiger partial charge in [-0.2, -0.15) is 0 Å². The number of carbonyl (C=O) groups is 2. The summed E-state index contributed by atoms with van der Waals surface area (Å²) in [5.41, 5.74) is 0. The summed E-state index contributed by atoms with van der Waals surface area (Å²) in [6.07, 6.45) is -1.08. The first-order valence-corrected chi connectivity index (χ1v) is 8.14. The largest absolute Gasteiger partial charge is 0.459 e. The molecule has 4 unspecified atom stereocenters. The average molecular weight is 348 g/mol. The van der Waals surface area contributed by atoms with Gasteiger partial charge in [0.2, 0.25) is 0 Å². The Kier molecular flexibility index (Phi) is 9.85. The van der Waals surface area contributed by atoms with Crippen LogP contribution in [-0.4, -0.2) is 76.0 Å². The van der Waals surface area contributed by atoms with Crippen molar-refractivity contribution >= 4 is 11.9 Å². The van der Waals surface area contributed by atoms with Gasteiger partial charge in [0.25, 0.3) is 0 Å². The fourth-order valence-electron chi connectivity index (χ4n) is 2.08. The monoisotopic (exact) mass is 348 g/mol. The van der Waals surface area contributed by atoms with Gasteiger partial charge in [-0.05, 0) is 27.7 Å². The third kappa shape index (κ3) is 9.82. The number of cyclic esters (lactones) is 2. The van der Waals surface area contributed by atoms with Crippen LogP contribution in [0, 0.1) is 0 Å². The number of hydrogen-bond acceptors (Lipinski definition) is 8. The van der Waals surface area contributed by atoms with Crippen molar-refractivity contribution in [2.45, 2.75) is 52.1 Å². The second-order valence-electron chi connectivity index (χ2n) is 5.93. The molecule has 24 heavy (non-hydrogen) atoms. The predicted molar refractivity (Wildman–Crippen MR) is 83.6 cm³/mol. The Morgan fingerprint density at radius 3 is 1.42 bits per heavy atom. The number of rotatable bonds is 0. The van der Waals surface area contributed by atoms with Crippen molar-refractivity contribution in [3.05, 3.63) is 0 Å². The Balaban J connectivity index is 2.51. The molecule has 1 aliphatic rings. The molecule has 0 saturated carbocycles. The molecule has 0 aromatic heterocycles. The van der Waals surface area contributed by atoms with Crippen molar-refractivity contribution in [2.75, 3.05) is 39.6 Å². The van der Waals surface area contributed by atoms with Gasteiger partial charge in [0.1, 0.15) is 25.4 Å². The topological polar surface area (TPSA) is 89.5 Å². The molecule has 0 amide bonds. The van der Waals surface area contributed by atoms with E-state index >= 15 is 0 Å². The molecule has 0 bridgehead atoms. The van der Waals surface area contributed by atoms with Gasteiger partial charge < -0.3 is 28.4 Å². The molecule has 0 N–H and O–H groups in total. The first kappa shape index (κ1) is 20.8. The molecule has 140 valence electrons. The molecule has 1 aliphatic heterocycles. The first-order valence-electron chi connectivity index (χ1n) is 8.14. The molecular weight excluding hydrogens is 320 g/mol. The maximum Gasteiger partial charge on any atom is 0.332 e. The SMILES string of the molecule is CC1COCC(C)OC(C)COCC(C)OC(=O)COCC(=O)O1. The van der Waals surface area contributed by atoms with Crippen LogP contribution in [0.25, 0.3) is 0 Å². The molecule has 4 atom stereocenters. The minimum atomic E-state index is -0.561. The van der Waals surface area contributed by atoms with Crippen LogP contribution in [0.5, 0.6) is 0 Å². The maximum absolute atomic E-state index is 11.6. The number of ether oxygens (including phenoxy) is 6. The Morgan fingerprint density at radius 2 is 1.00 bits per heavy atom. The van der Waals surface area contributed by atoms with Gasteiger partial charge in [-0.25, -0.2) is 9.59 Å². The zero-order valence-corrected chi connectivity index (χ0v) is 14.8. The van der Waals surface area contributed by atoms with E-state index in [1.54, 1.807) is 13.8 Å². The van der Waals surface area contributed by atoms with Crippen LogP contribution < -0.4 is 0 Å². The highest BCUT2D eigenvalue weighted by Crippen LogP contribution is 2.03. The summed E-state index contributed by atoms with van der Waals surface area (Å²) in [5, 5.41) is 0. The van der Waals surface area contributed by atoms with Crippen LogP contribution >= 0.6 is 0 Å². The predicted octanol–water partition coefficient (Wildman–Crippen LogP) is 0.707. The summed E-state index contributed by atoms with van der Waals surface area (Å²) in [7, 11) is 0. The molecule has 8 heteroatoms.